The van der Waals surface area contributed by atoms with Gasteiger partial charge in [-0.15, -0.1) is 13.2 Å². The van der Waals surface area contributed by atoms with Gasteiger partial charge >= 0.3 is 11.5 Å². The lowest BCUT2D eigenvalue weighted by Gasteiger charge is -2.20. The second-order valence-corrected chi connectivity index (χ2v) is 6.73. The van der Waals surface area contributed by atoms with Crippen molar-refractivity contribution in [1.82, 2.24) is 10.6 Å². The highest BCUT2D eigenvalue weighted by molar-refractivity contribution is 7.92. The Bertz CT molecular complexity index is 675. The first kappa shape index (κ1) is 18.6. The van der Waals surface area contributed by atoms with Crippen LogP contribution in [0.15, 0.2) is 40.4 Å². The lowest BCUT2D eigenvalue weighted by atomic mass is 10.2. The van der Waals surface area contributed by atoms with Crippen LogP contribution in [0.4, 0.5) is 13.2 Å². The van der Waals surface area contributed by atoms with E-state index in [2.05, 4.69) is 10.6 Å². The summed E-state index contributed by atoms with van der Waals surface area (Å²) in [5.74, 6) is -0.557. The quantitative estimate of drug-likeness (QED) is 0.475. The third-order valence-corrected chi connectivity index (χ3v) is 4.51. The number of hydrogen-bond donors (Lipinski definition) is 2. The molecule has 0 fully saturated rings. The molecule has 0 aliphatic carbocycles. The first-order valence-corrected chi connectivity index (χ1v) is 8.23. The fourth-order valence-corrected chi connectivity index (χ4v) is 2.77. The predicted octanol–water partition coefficient (Wildman–Crippen LogP) is 2.11. The van der Waals surface area contributed by atoms with Crippen LogP contribution in [-0.2, 0) is 27.3 Å². The molecule has 2 N–H and O–H groups in total. The van der Waals surface area contributed by atoms with Gasteiger partial charge in [-0.25, -0.2) is 4.79 Å². The van der Waals surface area contributed by atoms with Crippen LogP contribution in [-0.4, -0.2) is 27.7 Å². The molecule has 24 heavy (non-hydrogen) atoms. The standard InChI is InChI=1S/C14H13F3N2O3S2/c1-8-11(6-18-13(23)19-8)12(20)22-7-9-2-4-10(5-3-9)24(21)14(15,16)17/h2-5H,6-7H2,1H3,(H2,18,19,23). The SMILES string of the molecule is CC1=C(C(=O)OCc2ccc([S+]([O-])C(F)(F)F)cc2)CNC(=S)N1. The Kier molecular flexibility index (Phi) is 5.73. The maximum Gasteiger partial charge on any atom is 0.578 e. The zero-order chi connectivity index (χ0) is 17.9. The third-order valence-electron chi connectivity index (χ3n) is 3.14. The van der Waals surface area contributed by atoms with E-state index in [1.807, 2.05) is 0 Å². The minimum atomic E-state index is -4.81. The summed E-state index contributed by atoms with van der Waals surface area (Å²) >= 11 is 1.83. The molecule has 1 aromatic rings. The topological polar surface area (TPSA) is 73.4 Å². The van der Waals surface area contributed by atoms with Crippen LogP contribution in [0.1, 0.15) is 12.5 Å². The van der Waals surface area contributed by atoms with Crippen molar-refractivity contribution in [2.45, 2.75) is 23.9 Å². The van der Waals surface area contributed by atoms with Crippen molar-refractivity contribution in [3.63, 3.8) is 0 Å². The molecule has 130 valence electrons. The number of carbonyl (C=O) groups excluding carboxylic acids is 1. The summed E-state index contributed by atoms with van der Waals surface area (Å²) in [6.07, 6.45) is 0. The highest BCUT2D eigenvalue weighted by atomic mass is 32.2. The molecule has 1 aromatic carbocycles. The molecule has 1 aliphatic heterocycles. The Morgan fingerprint density at radius 1 is 1.38 bits per heavy atom. The molecule has 0 spiro atoms. The number of carbonyl (C=O) groups is 1. The second-order valence-electron chi connectivity index (χ2n) is 4.85. The molecule has 5 nitrogen and oxygen atoms in total. The van der Waals surface area contributed by atoms with E-state index >= 15 is 0 Å². The highest BCUT2D eigenvalue weighted by Gasteiger charge is 2.45. The number of halogens is 3. The highest BCUT2D eigenvalue weighted by Crippen LogP contribution is 2.30. The van der Waals surface area contributed by atoms with E-state index in [-0.39, 0.29) is 18.0 Å². The van der Waals surface area contributed by atoms with E-state index in [1.165, 1.54) is 12.1 Å². The lowest BCUT2D eigenvalue weighted by Crippen LogP contribution is -2.42. The average molecular weight is 378 g/mol. The van der Waals surface area contributed by atoms with E-state index in [0.29, 0.717) is 21.9 Å². The molecule has 0 aromatic heterocycles. The zero-order valence-electron chi connectivity index (χ0n) is 12.4. The average Bonchev–Trinajstić information content (AvgIpc) is 2.51. The molecule has 0 amide bonds. The largest absolute Gasteiger partial charge is 0.604 e. The molecular formula is C14H13F3N2O3S2. The van der Waals surface area contributed by atoms with Crippen LogP contribution < -0.4 is 10.6 Å². The maximum absolute atomic E-state index is 12.4. The Hall–Kier alpha value is -1.78. The Morgan fingerprint density at radius 3 is 2.54 bits per heavy atom. The van der Waals surface area contributed by atoms with Crippen LogP contribution >= 0.6 is 12.2 Å². The fraction of sp³-hybridized carbons (Fsp3) is 0.286. The van der Waals surface area contributed by atoms with Gasteiger partial charge in [-0.3, -0.25) is 0 Å². The van der Waals surface area contributed by atoms with Gasteiger partial charge in [0.15, 0.2) is 10.0 Å². The van der Waals surface area contributed by atoms with Gasteiger partial charge in [0, 0.05) is 5.70 Å². The van der Waals surface area contributed by atoms with E-state index in [4.69, 9.17) is 17.0 Å². The normalized spacial score (nSPS) is 16.3. The minimum absolute atomic E-state index is 0.112. The minimum Gasteiger partial charge on any atom is -0.604 e. The summed E-state index contributed by atoms with van der Waals surface area (Å²) in [6, 6.07) is 4.86. The van der Waals surface area contributed by atoms with Gasteiger partial charge in [-0.2, -0.15) is 0 Å². The van der Waals surface area contributed by atoms with Crippen molar-refractivity contribution in [2.75, 3.05) is 6.54 Å². The molecule has 0 saturated heterocycles. The number of benzene rings is 1. The summed E-state index contributed by atoms with van der Waals surface area (Å²) in [7, 11) is 0. The van der Waals surface area contributed by atoms with Crippen LogP contribution in [0.5, 0.6) is 0 Å². The number of esters is 1. The summed E-state index contributed by atoms with van der Waals surface area (Å²) in [5, 5.41) is 6.01. The molecule has 1 unspecified atom stereocenters. The fourth-order valence-electron chi connectivity index (χ4n) is 1.90. The molecule has 1 aliphatic rings. The van der Waals surface area contributed by atoms with Gasteiger partial charge in [0.2, 0.25) is 0 Å². The van der Waals surface area contributed by atoms with E-state index in [9.17, 15) is 22.5 Å². The molecule has 1 heterocycles. The number of nitrogens with one attached hydrogen (secondary N) is 2. The number of hydrogen-bond acceptors (Lipinski definition) is 4. The molecule has 10 heteroatoms. The first-order chi connectivity index (χ1) is 11.2. The van der Waals surface area contributed by atoms with Crippen molar-refractivity contribution in [3.05, 3.63) is 41.1 Å². The Morgan fingerprint density at radius 2 is 2.00 bits per heavy atom. The molecule has 0 saturated carbocycles. The first-order valence-electron chi connectivity index (χ1n) is 6.67. The second kappa shape index (κ2) is 7.41. The van der Waals surface area contributed by atoms with Crippen molar-refractivity contribution >= 4 is 34.5 Å². The summed E-state index contributed by atoms with van der Waals surface area (Å²) in [4.78, 5) is 11.6. The predicted molar refractivity (Wildman–Crippen MR) is 85.1 cm³/mol. The third kappa shape index (κ3) is 4.62. The van der Waals surface area contributed by atoms with E-state index in [1.54, 1.807) is 6.92 Å². The van der Waals surface area contributed by atoms with Crippen LogP contribution in [0, 0.1) is 0 Å². The van der Waals surface area contributed by atoms with Crippen molar-refractivity contribution < 1.29 is 27.3 Å². The van der Waals surface area contributed by atoms with Gasteiger partial charge < -0.3 is 19.9 Å². The molecule has 0 bridgehead atoms. The molecule has 2 rings (SSSR count). The Balaban J connectivity index is 1.96. The monoisotopic (exact) mass is 378 g/mol. The van der Waals surface area contributed by atoms with E-state index < -0.39 is 22.7 Å². The van der Waals surface area contributed by atoms with Crippen molar-refractivity contribution in [3.8, 4) is 0 Å². The smallest absolute Gasteiger partial charge is 0.578 e. The van der Waals surface area contributed by atoms with Gasteiger partial charge in [-0.05, 0) is 36.8 Å². The number of ether oxygens (including phenoxy) is 1. The van der Waals surface area contributed by atoms with Crippen LogP contribution in [0.3, 0.4) is 0 Å². The van der Waals surface area contributed by atoms with Gasteiger partial charge in [0.05, 0.1) is 23.3 Å². The summed E-state index contributed by atoms with van der Waals surface area (Å²) in [6.45, 7) is 1.81. The number of rotatable bonds is 4. The van der Waals surface area contributed by atoms with Gasteiger partial charge in [-0.1, -0.05) is 12.1 Å². The van der Waals surface area contributed by atoms with Crippen LogP contribution in [0.2, 0.25) is 0 Å². The zero-order valence-corrected chi connectivity index (χ0v) is 14.0. The molecule has 1 atom stereocenters. The van der Waals surface area contributed by atoms with Crippen molar-refractivity contribution in [2.24, 2.45) is 0 Å². The number of thiocarbonyl (C=S) groups is 1. The van der Waals surface area contributed by atoms with Gasteiger partial charge in [0.1, 0.15) is 6.61 Å². The maximum atomic E-state index is 12.4. The summed E-state index contributed by atoms with van der Waals surface area (Å²) < 4.78 is 53.4. The lowest BCUT2D eigenvalue weighted by molar-refractivity contribution is -0.140. The van der Waals surface area contributed by atoms with E-state index in [0.717, 1.165) is 12.1 Å². The van der Waals surface area contributed by atoms with Gasteiger partial charge in [0.25, 0.3) is 0 Å². The molecular weight excluding hydrogens is 365 g/mol. The van der Waals surface area contributed by atoms with Crippen molar-refractivity contribution in [1.29, 1.82) is 0 Å². The Labute approximate surface area is 144 Å². The van der Waals surface area contributed by atoms with Crippen LogP contribution in [0.25, 0.3) is 0 Å². The number of allylic oxidation sites excluding steroid dienone is 1. The summed E-state index contributed by atoms with van der Waals surface area (Å²) in [5.41, 5.74) is -3.35. The number of alkyl halides is 3. The molecule has 0 radical (unpaired) electrons.